The van der Waals surface area contributed by atoms with Gasteiger partial charge in [0.2, 0.25) is 0 Å². The van der Waals surface area contributed by atoms with Crippen LogP contribution in [0.25, 0.3) is 0 Å². The zero-order valence-corrected chi connectivity index (χ0v) is 9.61. The highest BCUT2D eigenvalue weighted by Crippen LogP contribution is 2.24. The molecule has 7 heteroatoms. The number of alkyl halides is 3. The van der Waals surface area contributed by atoms with E-state index in [9.17, 15) is 18.3 Å². The second-order valence-electron chi connectivity index (χ2n) is 3.44. The first-order valence-corrected chi connectivity index (χ1v) is 5.06. The average Bonchev–Trinajstić information content (AvgIpc) is 2.26. The van der Waals surface area contributed by atoms with Gasteiger partial charge in [0, 0.05) is 7.11 Å². The summed E-state index contributed by atoms with van der Waals surface area (Å²) in [5.74, 6) is 0.00645. The van der Waals surface area contributed by atoms with Gasteiger partial charge >= 0.3 is 6.36 Å². The Morgan fingerprint density at radius 3 is 2.17 bits per heavy atom. The molecule has 0 spiro atoms. The highest BCUT2D eigenvalue weighted by atomic mass is 19.4. The van der Waals surface area contributed by atoms with E-state index in [1.165, 1.54) is 19.2 Å². The number of ether oxygens (including phenoxy) is 3. The van der Waals surface area contributed by atoms with Crippen LogP contribution in [0.5, 0.6) is 11.5 Å². The Balaban J connectivity index is 2.45. The third kappa shape index (κ3) is 5.74. The maximum absolute atomic E-state index is 11.9. The van der Waals surface area contributed by atoms with Gasteiger partial charge in [0.25, 0.3) is 0 Å². The monoisotopic (exact) mass is 266 g/mol. The largest absolute Gasteiger partial charge is 0.573 e. The van der Waals surface area contributed by atoms with E-state index in [-0.39, 0.29) is 19.0 Å². The summed E-state index contributed by atoms with van der Waals surface area (Å²) in [6, 6.07) is 4.90. The first-order chi connectivity index (χ1) is 8.40. The van der Waals surface area contributed by atoms with E-state index in [0.29, 0.717) is 5.75 Å². The Hall–Kier alpha value is -1.47. The fourth-order valence-electron chi connectivity index (χ4n) is 1.17. The van der Waals surface area contributed by atoms with Crippen LogP contribution in [0.2, 0.25) is 0 Å². The Kier molecular flexibility index (Phi) is 5.24. The molecule has 1 atom stereocenters. The lowest BCUT2D eigenvalue weighted by atomic mass is 10.3. The Morgan fingerprint density at radius 1 is 1.11 bits per heavy atom. The standard InChI is InChI=1S/C11H13F3O4/c1-16-6-8(15)7-17-9-2-4-10(5-3-9)18-11(12,13)14/h2-5,8,15H,6-7H2,1H3. The lowest BCUT2D eigenvalue weighted by Crippen LogP contribution is -2.22. The molecule has 0 bridgehead atoms. The van der Waals surface area contributed by atoms with Crippen molar-refractivity contribution in [3.8, 4) is 11.5 Å². The number of hydrogen-bond donors (Lipinski definition) is 1. The van der Waals surface area contributed by atoms with Gasteiger partial charge < -0.3 is 19.3 Å². The minimum absolute atomic E-state index is 0.00663. The molecule has 1 aromatic carbocycles. The molecule has 0 heterocycles. The fraction of sp³-hybridized carbons (Fsp3) is 0.455. The van der Waals surface area contributed by atoms with Crippen LogP contribution >= 0.6 is 0 Å². The van der Waals surface area contributed by atoms with Gasteiger partial charge in [-0.2, -0.15) is 0 Å². The molecule has 0 fully saturated rings. The molecule has 0 aliphatic carbocycles. The molecule has 0 aliphatic heterocycles. The maximum atomic E-state index is 11.9. The molecular weight excluding hydrogens is 253 g/mol. The Morgan fingerprint density at radius 2 is 1.67 bits per heavy atom. The highest BCUT2D eigenvalue weighted by Gasteiger charge is 2.30. The lowest BCUT2D eigenvalue weighted by molar-refractivity contribution is -0.274. The molecule has 1 rings (SSSR count). The highest BCUT2D eigenvalue weighted by molar-refractivity contribution is 5.31. The Labute approximate surface area is 102 Å². The van der Waals surface area contributed by atoms with Crippen LogP contribution in [0.1, 0.15) is 0 Å². The molecule has 0 radical (unpaired) electrons. The molecule has 0 saturated heterocycles. The van der Waals surface area contributed by atoms with Crippen LogP contribution in [0.3, 0.4) is 0 Å². The van der Waals surface area contributed by atoms with Gasteiger partial charge in [-0.1, -0.05) is 0 Å². The van der Waals surface area contributed by atoms with Gasteiger partial charge in [-0.3, -0.25) is 0 Å². The van der Waals surface area contributed by atoms with Crippen molar-refractivity contribution in [2.45, 2.75) is 12.5 Å². The lowest BCUT2D eigenvalue weighted by Gasteiger charge is -2.12. The van der Waals surface area contributed by atoms with E-state index in [2.05, 4.69) is 4.74 Å². The predicted octanol–water partition coefficient (Wildman–Crippen LogP) is 1.97. The number of aliphatic hydroxyl groups excluding tert-OH is 1. The summed E-state index contributed by atoms with van der Waals surface area (Å²) < 4.78 is 49.2. The van der Waals surface area contributed by atoms with Crippen LogP contribution < -0.4 is 9.47 Å². The summed E-state index contributed by atoms with van der Waals surface area (Å²) in [7, 11) is 1.44. The van der Waals surface area contributed by atoms with E-state index < -0.39 is 12.5 Å². The first kappa shape index (κ1) is 14.6. The van der Waals surface area contributed by atoms with Gasteiger partial charge in [-0.25, -0.2) is 0 Å². The number of benzene rings is 1. The average molecular weight is 266 g/mol. The summed E-state index contributed by atoms with van der Waals surface area (Å²) in [6.07, 6.45) is -5.50. The molecule has 18 heavy (non-hydrogen) atoms. The fourth-order valence-corrected chi connectivity index (χ4v) is 1.17. The van der Waals surface area contributed by atoms with Gasteiger partial charge in [0.1, 0.15) is 24.2 Å². The van der Waals surface area contributed by atoms with Gasteiger partial charge in [0.15, 0.2) is 0 Å². The van der Waals surface area contributed by atoms with Crippen molar-refractivity contribution in [2.24, 2.45) is 0 Å². The van der Waals surface area contributed by atoms with E-state index >= 15 is 0 Å². The summed E-state index contributed by atoms with van der Waals surface area (Å²) in [5, 5.41) is 9.29. The first-order valence-electron chi connectivity index (χ1n) is 5.06. The molecule has 0 aliphatic rings. The summed E-state index contributed by atoms with van der Waals surface area (Å²) in [4.78, 5) is 0. The van der Waals surface area contributed by atoms with Crippen molar-refractivity contribution in [1.29, 1.82) is 0 Å². The topological polar surface area (TPSA) is 47.9 Å². The van der Waals surface area contributed by atoms with Crippen molar-refractivity contribution in [3.05, 3.63) is 24.3 Å². The normalized spacial score (nSPS) is 13.2. The van der Waals surface area contributed by atoms with Crippen molar-refractivity contribution in [1.82, 2.24) is 0 Å². The maximum Gasteiger partial charge on any atom is 0.573 e. The smallest absolute Gasteiger partial charge is 0.491 e. The van der Waals surface area contributed by atoms with Crippen molar-refractivity contribution < 1.29 is 32.5 Å². The number of hydrogen-bond acceptors (Lipinski definition) is 4. The summed E-state index contributed by atoms with van der Waals surface area (Å²) in [6.45, 7) is 0.114. The minimum Gasteiger partial charge on any atom is -0.491 e. The van der Waals surface area contributed by atoms with Gasteiger partial charge in [-0.05, 0) is 24.3 Å². The molecule has 102 valence electrons. The zero-order chi connectivity index (χ0) is 13.6. The molecular formula is C11H13F3O4. The van der Waals surface area contributed by atoms with Gasteiger partial charge in [0.05, 0.1) is 6.61 Å². The van der Waals surface area contributed by atoms with E-state index in [1.807, 2.05) is 0 Å². The SMILES string of the molecule is COCC(O)COc1ccc(OC(F)(F)F)cc1. The molecule has 0 aromatic heterocycles. The van der Waals surface area contributed by atoms with E-state index in [4.69, 9.17) is 9.47 Å². The van der Waals surface area contributed by atoms with E-state index in [1.54, 1.807) is 0 Å². The van der Waals surface area contributed by atoms with Crippen LogP contribution in [-0.2, 0) is 4.74 Å². The molecule has 0 amide bonds. The van der Waals surface area contributed by atoms with Crippen LogP contribution in [0.15, 0.2) is 24.3 Å². The molecule has 1 N–H and O–H groups in total. The van der Waals surface area contributed by atoms with Crippen molar-refractivity contribution in [3.63, 3.8) is 0 Å². The third-order valence-electron chi connectivity index (χ3n) is 1.86. The minimum atomic E-state index is -4.71. The van der Waals surface area contributed by atoms with Crippen LogP contribution in [0.4, 0.5) is 13.2 Å². The van der Waals surface area contributed by atoms with Crippen LogP contribution in [-0.4, -0.2) is 37.9 Å². The van der Waals surface area contributed by atoms with Crippen LogP contribution in [0, 0.1) is 0 Å². The quantitative estimate of drug-likeness (QED) is 0.855. The van der Waals surface area contributed by atoms with E-state index in [0.717, 1.165) is 12.1 Å². The zero-order valence-electron chi connectivity index (χ0n) is 9.61. The Bertz CT molecular complexity index is 350. The van der Waals surface area contributed by atoms with Gasteiger partial charge in [-0.15, -0.1) is 13.2 Å². The molecule has 1 aromatic rings. The number of halogens is 3. The number of aliphatic hydroxyl groups is 1. The molecule has 0 saturated carbocycles. The molecule has 1 unspecified atom stereocenters. The number of methoxy groups -OCH3 is 1. The predicted molar refractivity (Wildman–Crippen MR) is 56.5 cm³/mol. The summed E-state index contributed by atoms with van der Waals surface area (Å²) >= 11 is 0. The third-order valence-corrected chi connectivity index (χ3v) is 1.86. The van der Waals surface area contributed by atoms with Crippen molar-refractivity contribution >= 4 is 0 Å². The molecule has 4 nitrogen and oxygen atoms in total. The number of rotatable bonds is 6. The summed E-state index contributed by atoms with van der Waals surface area (Å²) in [5.41, 5.74) is 0. The second kappa shape index (κ2) is 6.46. The second-order valence-corrected chi connectivity index (χ2v) is 3.44. The van der Waals surface area contributed by atoms with Crippen molar-refractivity contribution in [2.75, 3.05) is 20.3 Å².